The fourth-order valence-electron chi connectivity index (χ4n) is 3.14. The maximum absolute atomic E-state index is 13.2. The van der Waals surface area contributed by atoms with Crippen molar-refractivity contribution in [2.24, 2.45) is 0 Å². The number of carbonyl (C=O) groups is 1. The Balaban J connectivity index is 1.93. The molecular weight excluding hydrogens is 471 g/mol. The summed E-state index contributed by atoms with van der Waals surface area (Å²) in [6, 6.07) is 17.4. The molecule has 0 saturated carbocycles. The zero-order valence-electron chi connectivity index (χ0n) is 17.4. The van der Waals surface area contributed by atoms with E-state index in [1.165, 1.54) is 31.4 Å². The Hall–Kier alpha value is -2.58. The first-order chi connectivity index (χ1) is 15.2. The highest BCUT2D eigenvalue weighted by Gasteiger charge is 2.28. The zero-order chi connectivity index (χ0) is 23.3. The second kappa shape index (κ2) is 10.4. The maximum Gasteiger partial charge on any atom is 0.245 e. The molecule has 0 aliphatic rings. The van der Waals surface area contributed by atoms with E-state index in [0.717, 1.165) is 11.1 Å². The van der Waals surface area contributed by atoms with Crippen LogP contribution in [0.1, 0.15) is 11.1 Å². The number of rotatable bonds is 8. The number of halogens is 2. The van der Waals surface area contributed by atoms with Gasteiger partial charge in [-0.3, -0.25) is 4.79 Å². The minimum Gasteiger partial charge on any atom is -0.495 e. The summed E-state index contributed by atoms with van der Waals surface area (Å²) >= 11 is 12.0. The summed E-state index contributed by atoms with van der Waals surface area (Å²) in [5.74, 6) is -0.369. The van der Waals surface area contributed by atoms with Crippen LogP contribution in [0.3, 0.4) is 0 Å². The van der Waals surface area contributed by atoms with Gasteiger partial charge in [-0.1, -0.05) is 59.6 Å². The lowest BCUT2D eigenvalue weighted by Gasteiger charge is -2.20. The van der Waals surface area contributed by atoms with Gasteiger partial charge in [0.05, 0.1) is 7.11 Å². The number of anilines is 1. The summed E-state index contributed by atoms with van der Waals surface area (Å²) in [6.45, 7) is 1.77. The van der Waals surface area contributed by atoms with Crippen LogP contribution in [0, 0.1) is 6.92 Å². The van der Waals surface area contributed by atoms with E-state index in [-0.39, 0.29) is 17.1 Å². The zero-order valence-corrected chi connectivity index (χ0v) is 19.8. The lowest BCUT2D eigenvalue weighted by molar-refractivity contribution is -0.117. The lowest BCUT2D eigenvalue weighted by atomic mass is 10.1. The monoisotopic (exact) mass is 492 g/mol. The number of ether oxygens (including phenoxy) is 1. The van der Waals surface area contributed by atoms with Gasteiger partial charge in [-0.15, -0.1) is 0 Å². The van der Waals surface area contributed by atoms with E-state index in [2.05, 4.69) is 10.0 Å². The highest BCUT2D eigenvalue weighted by atomic mass is 35.5. The molecule has 0 saturated heterocycles. The number of methoxy groups -OCH3 is 1. The molecule has 1 atom stereocenters. The largest absolute Gasteiger partial charge is 0.495 e. The Morgan fingerprint density at radius 1 is 1.00 bits per heavy atom. The molecule has 0 radical (unpaired) electrons. The average Bonchev–Trinajstić information content (AvgIpc) is 2.73. The normalized spacial score (nSPS) is 12.2. The first-order valence-corrected chi connectivity index (χ1v) is 11.9. The summed E-state index contributed by atoms with van der Waals surface area (Å²) in [5, 5.41) is 3.38. The van der Waals surface area contributed by atoms with Crippen molar-refractivity contribution in [2.45, 2.75) is 24.3 Å². The van der Waals surface area contributed by atoms with Gasteiger partial charge < -0.3 is 10.1 Å². The molecule has 1 amide bonds. The molecule has 0 aliphatic carbocycles. The summed E-state index contributed by atoms with van der Waals surface area (Å²) in [4.78, 5) is 13.1. The molecule has 6 nitrogen and oxygen atoms in total. The highest BCUT2D eigenvalue weighted by molar-refractivity contribution is 7.89. The highest BCUT2D eigenvalue weighted by Crippen LogP contribution is 2.26. The molecule has 32 heavy (non-hydrogen) atoms. The second-order valence-corrected chi connectivity index (χ2v) is 9.72. The first kappa shape index (κ1) is 24.1. The molecule has 9 heteroatoms. The third kappa shape index (κ3) is 6.23. The quantitative estimate of drug-likeness (QED) is 0.471. The van der Waals surface area contributed by atoms with Crippen molar-refractivity contribution in [1.82, 2.24) is 4.72 Å². The van der Waals surface area contributed by atoms with Crippen molar-refractivity contribution in [2.75, 3.05) is 12.4 Å². The smallest absolute Gasteiger partial charge is 0.245 e. The van der Waals surface area contributed by atoms with Gasteiger partial charge in [-0.2, -0.15) is 4.72 Å². The Morgan fingerprint density at radius 3 is 2.28 bits per heavy atom. The van der Waals surface area contributed by atoms with Crippen LogP contribution in [-0.2, 0) is 21.2 Å². The molecule has 0 fully saturated rings. The molecule has 3 aromatic rings. The van der Waals surface area contributed by atoms with Crippen LogP contribution >= 0.6 is 23.2 Å². The van der Waals surface area contributed by atoms with E-state index in [9.17, 15) is 13.2 Å². The van der Waals surface area contributed by atoms with Crippen LogP contribution < -0.4 is 14.8 Å². The Bertz CT molecular complexity index is 1200. The van der Waals surface area contributed by atoms with Crippen molar-refractivity contribution >= 4 is 44.8 Å². The average molecular weight is 493 g/mol. The van der Waals surface area contributed by atoms with E-state index in [1.54, 1.807) is 19.1 Å². The van der Waals surface area contributed by atoms with Crippen molar-refractivity contribution in [3.8, 4) is 5.75 Å². The Labute approximate surface area is 197 Å². The van der Waals surface area contributed by atoms with Crippen LogP contribution in [0.4, 0.5) is 5.69 Å². The van der Waals surface area contributed by atoms with Gasteiger partial charge in [0.25, 0.3) is 0 Å². The van der Waals surface area contributed by atoms with E-state index in [1.807, 2.05) is 30.3 Å². The number of benzene rings is 3. The molecule has 0 heterocycles. The number of amides is 1. The van der Waals surface area contributed by atoms with E-state index in [4.69, 9.17) is 27.9 Å². The molecule has 168 valence electrons. The molecule has 2 N–H and O–H groups in total. The number of sulfonamides is 1. The van der Waals surface area contributed by atoms with Gasteiger partial charge >= 0.3 is 0 Å². The van der Waals surface area contributed by atoms with Gasteiger partial charge in [0.15, 0.2) is 0 Å². The molecule has 0 unspecified atom stereocenters. The fraction of sp³-hybridized carbons (Fsp3) is 0.174. The molecule has 0 aliphatic heterocycles. The van der Waals surface area contributed by atoms with Gasteiger partial charge in [0.2, 0.25) is 15.9 Å². The maximum atomic E-state index is 13.2. The molecule has 0 spiro atoms. The minimum atomic E-state index is -4.09. The van der Waals surface area contributed by atoms with Crippen LogP contribution in [0.15, 0.2) is 71.6 Å². The van der Waals surface area contributed by atoms with Crippen LogP contribution in [0.25, 0.3) is 0 Å². The molecule has 0 bridgehead atoms. The van der Waals surface area contributed by atoms with Crippen LogP contribution in [0.5, 0.6) is 5.75 Å². The third-order valence-electron chi connectivity index (χ3n) is 4.64. The SMILES string of the molecule is COc1ccc(C)cc1S(=O)(=O)N[C@@H](Cc1ccccc1)C(=O)Nc1cc(Cl)cc(Cl)c1. The van der Waals surface area contributed by atoms with Crippen molar-refractivity contribution in [3.05, 3.63) is 87.9 Å². The number of nitrogens with one attached hydrogen (secondary N) is 2. The van der Waals surface area contributed by atoms with E-state index >= 15 is 0 Å². The minimum absolute atomic E-state index is 0.0448. The van der Waals surface area contributed by atoms with Gasteiger partial charge in [0, 0.05) is 15.7 Å². The summed E-state index contributed by atoms with van der Waals surface area (Å²) in [5.41, 5.74) is 1.89. The second-order valence-electron chi connectivity index (χ2n) is 7.17. The van der Waals surface area contributed by atoms with Crippen molar-refractivity contribution in [3.63, 3.8) is 0 Å². The number of hydrogen-bond acceptors (Lipinski definition) is 4. The lowest BCUT2D eigenvalue weighted by Crippen LogP contribution is -2.45. The molecule has 3 rings (SSSR count). The third-order valence-corrected chi connectivity index (χ3v) is 6.56. The number of hydrogen-bond donors (Lipinski definition) is 2. The summed E-state index contributed by atoms with van der Waals surface area (Å²) < 4.78 is 34.2. The van der Waals surface area contributed by atoms with Crippen LogP contribution in [0.2, 0.25) is 10.0 Å². The van der Waals surface area contributed by atoms with Crippen molar-refractivity contribution in [1.29, 1.82) is 0 Å². The summed E-state index contributed by atoms with van der Waals surface area (Å²) in [7, 11) is -2.70. The van der Waals surface area contributed by atoms with E-state index < -0.39 is 22.0 Å². The molecule has 3 aromatic carbocycles. The van der Waals surface area contributed by atoms with Gasteiger partial charge in [-0.25, -0.2) is 8.42 Å². The van der Waals surface area contributed by atoms with Crippen LogP contribution in [-0.4, -0.2) is 27.5 Å². The molecule has 0 aromatic heterocycles. The first-order valence-electron chi connectivity index (χ1n) is 9.66. The Kier molecular flexibility index (Phi) is 7.79. The van der Waals surface area contributed by atoms with Crippen molar-refractivity contribution < 1.29 is 17.9 Å². The topological polar surface area (TPSA) is 84.5 Å². The predicted molar refractivity (Wildman–Crippen MR) is 127 cm³/mol. The standard InChI is InChI=1S/C23H22Cl2N2O4S/c1-15-8-9-21(31-2)22(10-15)32(29,30)27-20(11-16-6-4-3-5-7-16)23(28)26-19-13-17(24)12-18(25)14-19/h3-10,12-14,20,27H,11H2,1-2H3,(H,26,28)/t20-/m0/s1. The van der Waals surface area contributed by atoms with E-state index in [0.29, 0.717) is 15.7 Å². The summed E-state index contributed by atoms with van der Waals surface area (Å²) in [6.07, 6.45) is 0.133. The number of aryl methyl sites for hydroxylation is 1. The Morgan fingerprint density at radius 2 is 1.66 bits per heavy atom. The van der Waals surface area contributed by atoms with Gasteiger partial charge in [0.1, 0.15) is 16.7 Å². The molecular formula is C23H22Cl2N2O4S. The predicted octanol–water partition coefficient (Wildman–Crippen LogP) is 4.84. The fourth-order valence-corrected chi connectivity index (χ4v) is 5.11. The van der Waals surface area contributed by atoms with Gasteiger partial charge in [-0.05, 0) is 54.8 Å². The number of carbonyl (C=O) groups excluding carboxylic acids is 1.